The zero-order valence-electron chi connectivity index (χ0n) is 31.7. The van der Waals surface area contributed by atoms with E-state index in [0.29, 0.717) is 5.56 Å². The molecule has 1 heteroatoms. The molecule has 0 saturated carbocycles. The van der Waals surface area contributed by atoms with Crippen LogP contribution in [0, 0.1) is 0 Å². The smallest absolute Gasteiger partial charge is 0.143 e. The number of rotatable bonds is 3. The highest BCUT2D eigenvalue weighted by atomic mass is 16.3. The molecule has 0 atom stereocenters. The molecule has 0 aliphatic heterocycles. The Labute approximate surface area is 261 Å². The molecule has 0 saturated heterocycles. The van der Waals surface area contributed by atoms with Crippen molar-refractivity contribution in [2.75, 3.05) is 0 Å². The largest absolute Gasteiger partial charge is 0.455 e. The monoisotopic (exact) mass is 555 g/mol. The van der Waals surface area contributed by atoms with Crippen LogP contribution in [0.25, 0.3) is 87.6 Å². The fourth-order valence-electron chi connectivity index (χ4n) is 6.29. The van der Waals surface area contributed by atoms with Crippen LogP contribution in [0.3, 0.4) is 0 Å². The van der Waals surface area contributed by atoms with E-state index in [9.17, 15) is 4.11 Å². The van der Waals surface area contributed by atoms with Crippen molar-refractivity contribution in [1.82, 2.24) is 0 Å². The van der Waals surface area contributed by atoms with Crippen LogP contribution in [-0.4, -0.2) is 0 Å². The standard InChI is InChI=1S/C42H26O/c1-2-12-27(13-3-1)30-15-6-7-17-33(30)41-36-20-10-8-18-34(36)40(35-19-9-11-21-37(35)41)29-23-24-32-38-25-22-28-14-4-5-16-31(28)42(38)43-39(32)26-29/h1-26H/i4D,5D,14D,16D,22D,23D,24D,25D,26D. The molecule has 0 fully saturated rings. The predicted molar refractivity (Wildman–Crippen MR) is 183 cm³/mol. The first-order valence-electron chi connectivity index (χ1n) is 18.6. The summed E-state index contributed by atoms with van der Waals surface area (Å²) in [5.41, 5.74) is 4.66. The zero-order chi connectivity index (χ0) is 36.2. The minimum atomic E-state index is -0.535. The summed E-state index contributed by atoms with van der Waals surface area (Å²) >= 11 is 0. The van der Waals surface area contributed by atoms with Gasteiger partial charge in [0, 0.05) is 16.2 Å². The summed E-state index contributed by atoms with van der Waals surface area (Å²) in [6.07, 6.45) is 0. The third-order valence-corrected chi connectivity index (χ3v) is 8.15. The molecule has 0 spiro atoms. The lowest BCUT2D eigenvalue weighted by Crippen LogP contribution is -1.92. The maximum atomic E-state index is 9.61. The van der Waals surface area contributed by atoms with Crippen LogP contribution < -0.4 is 0 Å². The van der Waals surface area contributed by atoms with E-state index in [-0.39, 0.29) is 56.4 Å². The van der Waals surface area contributed by atoms with Crippen molar-refractivity contribution in [3.05, 3.63) is 158 Å². The molecule has 0 bridgehead atoms. The van der Waals surface area contributed by atoms with Gasteiger partial charge >= 0.3 is 0 Å². The second-order valence-electron chi connectivity index (χ2n) is 10.5. The van der Waals surface area contributed by atoms with E-state index < -0.39 is 36.3 Å². The van der Waals surface area contributed by atoms with Crippen LogP contribution in [0.5, 0.6) is 0 Å². The fraction of sp³-hybridized carbons (Fsp3) is 0. The van der Waals surface area contributed by atoms with Crippen molar-refractivity contribution < 1.29 is 16.8 Å². The van der Waals surface area contributed by atoms with Gasteiger partial charge in [0.1, 0.15) is 11.2 Å². The summed E-state index contributed by atoms with van der Waals surface area (Å²) in [4.78, 5) is 0. The Morgan fingerprint density at radius 3 is 1.77 bits per heavy atom. The number of hydrogen-bond acceptors (Lipinski definition) is 1. The molecular weight excluding hydrogens is 520 g/mol. The first-order chi connectivity index (χ1) is 25.1. The van der Waals surface area contributed by atoms with Crippen LogP contribution in [-0.2, 0) is 0 Å². The molecule has 1 nitrogen and oxygen atoms in total. The summed E-state index contributed by atoms with van der Waals surface area (Å²) in [7, 11) is 0. The van der Waals surface area contributed by atoms with Crippen LogP contribution in [0.2, 0.25) is 0 Å². The molecule has 0 aliphatic rings. The Kier molecular flexibility index (Phi) is 3.67. The van der Waals surface area contributed by atoms with Crippen LogP contribution >= 0.6 is 0 Å². The Morgan fingerprint density at radius 2 is 1.02 bits per heavy atom. The van der Waals surface area contributed by atoms with Crippen molar-refractivity contribution in [2.24, 2.45) is 0 Å². The molecule has 0 aliphatic carbocycles. The lowest BCUT2D eigenvalue weighted by molar-refractivity contribution is 0.673. The Balaban J connectivity index is 1.44. The van der Waals surface area contributed by atoms with E-state index in [2.05, 4.69) is 24.3 Å². The molecule has 9 aromatic rings. The molecule has 0 N–H and O–H groups in total. The number of benzene rings is 8. The highest BCUT2D eigenvalue weighted by Crippen LogP contribution is 2.46. The second-order valence-corrected chi connectivity index (χ2v) is 10.5. The molecule has 200 valence electrons. The van der Waals surface area contributed by atoms with E-state index in [0.717, 1.165) is 43.8 Å². The quantitative estimate of drug-likeness (QED) is 0.198. The molecule has 1 aromatic heterocycles. The van der Waals surface area contributed by atoms with Gasteiger partial charge in [0.05, 0.1) is 12.3 Å². The normalized spacial score (nSPS) is 14.7. The van der Waals surface area contributed by atoms with Crippen LogP contribution in [0.1, 0.15) is 12.3 Å². The summed E-state index contributed by atoms with van der Waals surface area (Å²) in [6.45, 7) is 0. The highest BCUT2D eigenvalue weighted by Gasteiger charge is 2.19. The molecule has 8 aromatic carbocycles. The SMILES string of the molecule is [2H]c1c([2H])c([2H])c2c(c1[2H])c([2H])c([2H])c1c2oc2c([2H])c(-c3c4ccccc4c(-c4ccccc4-c4ccccc4)c4ccccc34)c([2H])c([2H])c21. The van der Waals surface area contributed by atoms with Crippen molar-refractivity contribution in [1.29, 1.82) is 0 Å². The minimum absolute atomic E-state index is 0.0106. The fourth-order valence-corrected chi connectivity index (χ4v) is 6.29. The number of fused-ring (bicyclic) bond motifs is 7. The minimum Gasteiger partial charge on any atom is -0.455 e. The predicted octanol–water partition coefficient (Wildman–Crippen LogP) is 12.0. The van der Waals surface area contributed by atoms with Crippen LogP contribution in [0.4, 0.5) is 0 Å². The van der Waals surface area contributed by atoms with Gasteiger partial charge in [0.25, 0.3) is 0 Å². The molecule has 1 heterocycles. The topological polar surface area (TPSA) is 13.1 Å². The maximum absolute atomic E-state index is 9.61. The van der Waals surface area contributed by atoms with Gasteiger partial charge in [-0.25, -0.2) is 0 Å². The molecule has 0 radical (unpaired) electrons. The average molecular weight is 556 g/mol. The summed E-state index contributed by atoms with van der Waals surface area (Å²) in [5, 5.41) is 3.02. The summed E-state index contributed by atoms with van der Waals surface area (Å²) in [5.74, 6) is 0. The van der Waals surface area contributed by atoms with E-state index in [1.54, 1.807) is 0 Å². The van der Waals surface area contributed by atoms with Gasteiger partial charge < -0.3 is 4.42 Å². The van der Waals surface area contributed by atoms with E-state index in [1.165, 1.54) is 0 Å². The van der Waals surface area contributed by atoms with Gasteiger partial charge in [-0.2, -0.15) is 0 Å². The van der Waals surface area contributed by atoms with Crippen molar-refractivity contribution >= 4 is 54.3 Å². The molecule has 9 rings (SSSR count). The first-order valence-corrected chi connectivity index (χ1v) is 14.1. The highest BCUT2D eigenvalue weighted by molar-refractivity contribution is 6.23. The van der Waals surface area contributed by atoms with Crippen molar-refractivity contribution in [2.45, 2.75) is 0 Å². The summed E-state index contributed by atoms with van der Waals surface area (Å²) in [6, 6.07) is 30.5. The molecule has 43 heavy (non-hydrogen) atoms. The third-order valence-electron chi connectivity index (χ3n) is 8.15. The Hall–Kier alpha value is -5.66. The van der Waals surface area contributed by atoms with Gasteiger partial charge in [-0.15, -0.1) is 0 Å². The molecular formula is C42H26O. The van der Waals surface area contributed by atoms with Gasteiger partial charge in [0.15, 0.2) is 0 Å². The van der Waals surface area contributed by atoms with Crippen molar-refractivity contribution in [3.63, 3.8) is 0 Å². The van der Waals surface area contributed by atoms with Gasteiger partial charge in [-0.1, -0.05) is 139 Å². The Bertz CT molecular complexity index is 2950. The third kappa shape index (κ3) is 3.65. The molecule has 0 amide bonds. The van der Waals surface area contributed by atoms with Crippen molar-refractivity contribution in [3.8, 4) is 33.4 Å². The first kappa shape index (κ1) is 16.7. The Morgan fingerprint density at radius 1 is 0.419 bits per heavy atom. The van der Waals surface area contributed by atoms with Crippen LogP contribution in [0.15, 0.2) is 162 Å². The summed E-state index contributed by atoms with van der Waals surface area (Å²) < 4.78 is 86.0. The lowest BCUT2D eigenvalue weighted by Gasteiger charge is -2.19. The second kappa shape index (κ2) is 9.44. The van der Waals surface area contributed by atoms with E-state index >= 15 is 0 Å². The lowest BCUT2D eigenvalue weighted by atomic mass is 9.84. The maximum Gasteiger partial charge on any atom is 0.143 e. The average Bonchev–Trinajstić information content (AvgIpc) is 3.58. The number of hydrogen-bond donors (Lipinski definition) is 0. The number of furan rings is 1. The van der Waals surface area contributed by atoms with Gasteiger partial charge in [-0.05, 0) is 78.4 Å². The van der Waals surface area contributed by atoms with E-state index in [1.807, 2.05) is 78.9 Å². The zero-order valence-corrected chi connectivity index (χ0v) is 22.7. The van der Waals surface area contributed by atoms with Gasteiger partial charge in [0.2, 0.25) is 0 Å². The molecule has 0 unspecified atom stereocenters. The van der Waals surface area contributed by atoms with Gasteiger partial charge in [-0.3, -0.25) is 0 Å². The van der Waals surface area contributed by atoms with E-state index in [4.69, 9.17) is 12.6 Å².